The van der Waals surface area contributed by atoms with Gasteiger partial charge < -0.3 is 14.9 Å². The molecule has 0 heterocycles. The molecule has 0 saturated carbocycles. The first-order valence-electron chi connectivity index (χ1n) is 6.36. The van der Waals surface area contributed by atoms with Gasteiger partial charge in [-0.1, -0.05) is 30.3 Å². The summed E-state index contributed by atoms with van der Waals surface area (Å²) in [6.07, 6.45) is 2.60. The second-order valence-electron chi connectivity index (χ2n) is 4.22. The Morgan fingerprint density at radius 3 is 2.43 bits per heavy atom. The minimum absolute atomic E-state index is 0. The van der Waals surface area contributed by atoms with E-state index in [0.29, 0.717) is 5.75 Å². The van der Waals surface area contributed by atoms with E-state index >= 15 is 0 Å². The van der Waals surface area contributed by atoms with E-state index in [1.54, 1.807) is 12.1 Å². The van der Waals surface area contributed by atoms with Crippen LogP contribution in [0.5, 0.6) is 17.2 Å². The second kappa shape index (κ2) is 10.7. The molecule has 23 heavy (non-hydrogen) atoms. The van der Waals surface area contributed by atoms with Gasteiger partial charge >= 0.3 is 29.6 Å². The molecule has 0 fully saturated rings. The second-order valence-corrected chi connectivity index (χ2v) is 4.22. The molecule has 116 valence electrons. The zero-order valence-electron chi connectivity index (χ0n) is 13.1. The monoisotopic (exact) mass is 325 g/mol. The number of nitro groups is 1. The average molecular weight is 325 g/mol. The van der Waals surface area contributed by atoms with Crippen LogP contribution in [0.15, 0.2) is 55.1 Å². The third-order valence-electron chi connectivity index (χ3n) is 2.69. The zero-order chi connectivity index (χ0) is 16.5. The number of hydrogen-bond acceptors (Lipinski definition) is 5. The normalized spacial score (nSPS) is 8.91. The Bertz CT molecular complexity index is 661. The van der Waals surface area contributed by atoms with Crippen LogP contribution in [0.3, 0.4) is 0 Å². The van der Waals surface area contributed by atoms with E-state index in [0.717, 1.165) is 18.1 Å². The number of hydrogen-bond donors (Lipinski definition) is 1. The summed E-state index contributed by atoms with van der Waals surface area (Å²) >= 11 is 0. The summed E-state index contributed by atoms with van der Waals surface area (Å²) < 4.78 is 4.95. The van der Waals surface area contributed by atoms with Crippen LogP contribution in [0.25, 0.3) is 0 Å². The molecule has 0 aliphatic heterocycles. The number of aromatic hydroxyl groups is 1. The Hall–Kier alpha value is -2.02. The molecule has 0 amide bonds. The number of rotatable bonds is 4. The van der Waals surface area contributed by atoms with Crippen LogP contribution in [0.1, 0.15) is 5.56 Å². The molecule has 2 rings (SSSR count). The molecule has 0 aliphatic rings. The van der Waals surface area contributed by atoms with Gasteiger partial charge in [0.15, 0.2) is 11.5 Å². The van der Waals surface area contributed by atoms with Crippen molar-refractivity contribution < 1.29 is 49.4 Å². The summed E-state index contributed by atoms with van der Waals surface area (Å²) in [5, 5.41) is 29.9. The van der Waals surface area contributed by atoms with Gasteiger partial charge in [-0.3, -0.25) is 10.1 Å². The largest absolute Gasteiger partial charge is 1.00 e. The van der Waals surface area contributed by atoms with Crippen molar-refractivity contribution in [1.29, 1.82) is 0 Å². The first-order valence-corrected chi connectivity index (χ1v) is 6.36. The quantitative estimate of drug-likeness (QED) is 0.364. The average Bonchev–Trinajstić information content (AvgIpc) is 2.50. The molecule has 0 saturated heterocycles. The maximum atomic E-state index is 10.6. The number of phenols is 1. The van der Waals surface area contributed by atoms with Crippen molar-refractivity contribution in [1.82, 2.24) is 0 Å². The van der Waals surface area contributed by atoms with Crippen LogP contribution < -0.4 is 39.4 Å². The number of phenolic OH excluding ortho intramolecular Hbond substituents is 1. The van der Waals surface area contributed by atoms with E-state index in [2.05, 4.69) is 6.58 Å². The molecular formula is C16H16NNaO5. The van der Waals surface area contributed by atoms with Gasteiger partial charge in [0, 0.05) is 6.07 Å². The van der Waals surface area contributed by atoms with Crippen LogP contribution in [0.2, 0.25) is 0 Å². The Kier molecular flexibility index (Phi) is 9.73. The van der Waals surface area contributed by atoms with Crippen molar-refractivity contribution in [2.24, 2.45) is 0 Å². The Labute approximate surface area is 156 Å². The SMILES string of the molecule is C=CCc1ccc(O)c(OC)c1.O=[N+]([O-])c1ccccc1[O-].[Na+]. The van der Waals surface area contributed by atoms with E-state index in [9.17, 15) is 20.3 Å². The summed E-state index contributed by atoms with van der Waals surface area (Å²) in [7, 11) is 1.53. The molecule has 0 unspecified atom stereocenters. The van der Waals surface area contributed by atoms with Gasteiger partial charge in [-0.2, -0.15) is 0 Å². The minimum atomic E-state index is -0.692. The van der Waals surface area contributed by atoms with Gasteiger partial charge in [-0.15, -0.1) is 6.58 Å². The molecule has 0 aliphatic carbocycles. The fourth-order valence-electron chi connectivity index (χ4n) is 1.62. The molecule has 0 aromatic heterocycles. The van der Waals surface area contributed by atoms with E-state index in [4.69, 9.17) is 4.74 Å². The summed E-state index contributed by atoms with van der Waals surface area (Å²) in [5.74, 6) is 0.132. The van der Waals surface area contributed by atoms with Gasteiger partial charge in [0.25, 0.3) is 5.69 Å². The fraction of sp³-hybridized carbons (Fsp3) is 0.125. The summed E-state index contributed by atoms with van der Waals surface area (Å²) in [4.78, 5) is 9.34. The van der Waals surface area contributed by atoms with Gasteiger partial charge in [0.2, 0.25) is 0 Å². The van der Waals surface area contributed by atoms with E-state index in [1.807, 2.05) is 12.1 Å². The number of methoxy groups -OCH3 is 1. The number of nitro benzene ring substituents is 1. The summed E-state index contributed by atoms with van der Waals surface area (Å²) in [5.41, 5.74) is 0.710. The van der Waals surface area contributed by atoms with Crippen LogP contribution >= 0.6 is 0 Å². The van der Waals surface area contributed by atoms with E-state index < -0.39 is 10.7 Å². The summed E-state index contributed by atoms with van der Waals surface area (Å²) in [6, 6.07) is 10.5. The van der Waals surface area contributed by atoms with E-state index in [-0.39, 0.29) is 41.0 Å². The van der Waals surface area contributed by atoms with Gasteiger partial charge in [-0.05, 0) is 29.9 Å². The Morgan fingerprint density at radius 1 is 1.30 bits per heavy atom. The van der Waals surface area contributed by atoms with Gasteiger partial charge in [0.1, 0.15) is 0 Å². The third-order valence-corrected chi connectivity index (χ3v) is 2.69. The molecule has 0 bridgehead atoms. The summed E-state index contributed by atoms with van der Waals surface area (Å²) in [6.45, 7) is 3.63. The number of nitrogens with zero attached hydrogens (tertiary/aromatic N) is 1. The molecule has 6 nitrogen and oxygen atoms in total. The smallest absolute Gasteiger partial charge is 0.868 e. The van der Waals surface area contributed by atoms with Crippen molar-refractivity contribution >= 4 is 5.69 Å². The van der Waals surface area contributed by atoms with Gasteiger partial charge in [0.05, 0.1) is 12.0 Å². The fourth-order valence-corrected chi connectivity index (χ4v) is 1.62. The molecule has 0 radical (unpaired) electrons. The van der Waals surface area contributed by atoms with Crippen molar-refractivity contribution in [3.8, 4) is 17.2 Å². The maximum absolute atomic E-state index is 10.6. The number of ether oxygens (including phenoxy) is 1. The number of allylic oxidation sites excluding steroid dienone is 1. The van der Waals surface area contributed by atoms with Crippen LogP contribution in [-0.4, -0.2) is 17.1 Å². The topological polar surface area (TPSA) is 95.7 Å². The van der Waals surface area contributed by atoms with Crippen LogP contribution in [0, 0.1) is 10.1 Å². The first-order chi connectivity index (χ1) is 10.5. The van der Waals surface area contributed by atoms with Crippen molar-refractivity contribution in [2.45, 2.75) is 6.42 Å². The first kappa shape index (κ1) is 21.0. The Balaban J connectivity index is 0.000000409. The molecule has 0 atom stereocenters. The minimum Gasteiger partial charge on any atom is -0.868 e. The van der Waals surface area contributed by atoms with Crippen molar-refractivity contribution in [3.05, 3.63) is 70.8 Å². The third kappa shape index (κ3) is 6.73. The maximum Gasteiger partial charge on any atom is 1.00 e. The van der Waals surface area contributed by atoms with Crippen LogP contribution in [0.4, 0.5) is 5.69 Å². The van der Waals surface area contributed by atoms with E-state index in [1.165, 1.54) is 25.3 Å². The van der Waals surface area contributed by atoms with Crippen molar-refractivity contribution in [2.75, 3.05) is 7.11 Å². The molecule has 2 aromatic rings. The molecule has 7 heteroatoms. The molecule has 1 N–H and O–H groups in total. The number of benzene rings is 2. The zero-order valence-corrected chi connectivity index (χ0v) is 15.1. The standard InChI is InChI=1S/C10H12O2.C6H5NO3.Na/c1-3-4-8-5-6-9(11)10(7-8)12-2;8-6-4-2-1-3-5(6)7(9)10;/h3,5-7,11H,1,4H2,2H3;1-4,8H;/q;;+1/p-1. The predicted octanol–water partition coefficient (Wildman–Crippen LogP) is -0.198. The predicted molar refractivity (Wildman–Crippen MR) is 81.1 cm³/mol. The van der Waals surface area contributed by atoms with Gasteiger partial charge in [-0.25, -0.2) is 0 Å². The molecular weight excluding hydrogens is 309 g/mol. The molecule has 0 spiro atoms. The van der Waals surface area contributed by atoms with Crippen LogP contribution in [-0.2, 0) is 6.42 Å². The number of para-hydroxylation sites is 2. The molecule has 2 aromatic carbocycles. The van der Waals surface area contributed by atoms with Crippen molar-refractivity contribution in [3.63, 3.8) is 0 Å². The Morgan fingerprint density at radius 2 is 1.96 bits per heavy atom.